The van der Waals surface area contributed by atoms with Gasteiger partial charge in [-0.1, -0.05) is 24.3 Å². The minimum absolute atomic E-state index is 0.180. The van der Waals surface area contributed by atoms with Crippen LogP contribution in [0.3, 0.4) is 0 Å². The first-order chi connectivity index (χ1) is 11.4. The first kappa shape index (κ1) is 17.5. The van der Waals surface area contributed by atoms with Crippen LogP contribution in [0.2, 0.25) is 0 Å². The number of anilines is 1. The first-order valence-corrected chi connectivity index (χ1v) is 7.78. The fourth-order valence-electron chi connectivity index (χ4n) is 2.43. The van der Waals surface area contributed by atoms with Crippen LogP contribution in [0.5, 0.6) is 5.75 Å². The number of hydrogen-bond acceptors (Lipinski definition) is 3. The molecule has 0 heterocycles. The minimum atomic E-state index is -0.560. The molecule has 2 rings (SSSR count). The van der Waals surface area contributed by atoms with Gasteiger partial charge in [-0.25, -0.2) is 0 Å². The van der Waals surface area contributed by atoms with Crippen molar-refractivity contribution >= 4 is 17.5 Å². The predicted octanol–water partition coefficient (Wildman–Crippen LogP) is 3.12. The zero-order chi connectivity index (χ0) is 17.7. The number of benzene rings is 2. The van der Waals surface area contributed by atoms with E-state index < -0.39 is 5.91 Å². The second kappa shape index (κ2) is 7.64. The molecule has 0 bridgehead atoms. The molecule has 5 nitrogen and oxygen atoms in total. The standard InChI is InChI=1S/C19H22N2O3/c1-12-7-8-13(2)16(11-12)24-10-9-17(22)21-15-6-4-5-14(3)18(15)19(20)23/h4-8,11H,9-10H2,1-3H3,(H2,20,23)(H,21,22). The lowest BCUT2D eigenvalue weighted by Crippen LogP contribution is -2.20. The van der Waals surface area contributed by atoms with Crippen LogP contribution < -0.4 is 15.8 Å². The Balaban J connectivity index is 1.96. The van der Waals surface area contributed by atoms with Crippen molar-refractivity contribution in [3.63, 3.8) is 0 Å². The van der Waals surface area contributed by atoms with Crippen LogP contribution in [-0.2, 0) is 4.79 Å². The van der Waals surface area contributed by atoms with E-state index in [1.54, 1.807) is 25.1 Å². The van der Waals surface area contributed by atoms with E-state index in [0.717, 1.165) is 22.4 Å². The first-order valence-electron chi connectivity index (χ1n) is 7.78. The molecule has 3 N–H and O–H groups in total. The second-order valence-electron chi connectivity index (χ2n) is 5.78. The van der Waals surface area contributed by atoms with Crippen LogP contribution in [0.15, 0.2) is 36.4 Å². The average Bonchev–Trinajstić information content (AvgIpc) is 2.50. The van der Waals surface area contributed by atoms with E-state index in [1.165, 1.54) is 0 Å². The quantitative estimate of drug-likeness (QED) is 0.855. The maximum Gasteiger partial charge on any atom is 0.251 e. The zero-order valence-electron chi connectivity index (χ0n) is 14.2. The Kier molecular flexibility index (Phi) is 5.58. The highest BCUT2D eigenvalue weighted by atomic mass is 16.5. The average molecular weight is 326 g/mol. The Labute approximate surface area is 141 Å². The molecule has 0 spiro atoms. The summed E-state index contributed by atoms with van der Waals surface area (Å²) in [4.78, 5) is 23.6. The highest BCUT2D eigenvalue weighted by molar-refractivity contribution is 6.04. The lowest BCUT2D eigenvalue weighted by Gasteiger charge is -2.12. The molecule has 126 valence electrons. The second-order valence-corrected chi connectivity index (χ2v) is 5.78. The van der Waals surface area contributed by atoms with Gasteiger partial charge in [0.25, 0.3) is 5.91 Å². The van der Waals surface area contributed by atoms with Crippen LogP contribution >= 0.6 is 0 Å². The maximum absolute atomic E-state index is 12.1. The summed E-state index contributed by atoms with van der Waals surface area (Å²) in [5.74, 6) is -0.0142. The number of carbonyl (C=O) groups excluding carboxylic acids is 2. The molecule has 0 unspecified atom stereocenters. The van der Waals surface area contributed by atoms with Crippen molar-refractivity contribution in [1.29, 1.82) is 0 Å². The van der Waals surface area contributed by atoms with E-state index in [1.807, 2.05) is 32.0 Å². The predicted molar refractivity (Wildman–Crippen MR) is 94.4 cm³/mol. The lowest BCUT2D eigenvalue weighted by atomic mass is 10.1. The van der Waals surface area contributed by atoms with Crippen molar-refractivity contribution in [2.75, 3.05) is 11.9 Å². The summed E-state index contributed by atoms with van der Waals surface area (Å²) in [5, 5.41) is 2.73. The van der Waals surface area contributed by atoms with Crippen molar-refractivity contribution in [2.45, 2.75) is 27.2 Å². The minimum Gasteiger partial charge on any atom is -0.493 e. The highest BCUT2D eigenvalue weighted by Crippen LogP contribution is 2.20. The largest absolute Gasteiger partial charge is 0.493 e. The third kappa shape index (κ3) is 4.35. The van der Waals surface area contributed by atoms with Gasteiger partial charge in [0.1, 0.15) is 5.75 Å². The number of primary amides is 1. The summed E-state index contributed by atoms with van der Waals surface area (Å²) in [6.07, 6.45) is 0.180. The van der Waals surface area contributed by atoms with E-state index in [0.29, 0.717) is 11.3 Å². The monoisotopic (exact) mass is 326 g/mol. The van der Waals surface area contributed by atoms with E-state index >= 15 is 0 Å². The molecule has 2 aromatic carbocycles. The van der Waals surface area contributed by atoms with Crippen molar-refractivity contribution in [3.05, 3.63) is 58.7 Å². The van der Waals surface area contributed by atoms with Crippen molar-refractivity contribution < 1.29 is 14.3 Å². The molecule has 0 radical (unpaired) electrons. The SMILES string of the molecule is Cc1ccc(C)c(OCCC(=O)Nc2cccc(C)c2C(N)=O)c1. The van der Waals surface area contributed by atoms with Crippen molar-refractivity contribution in [1.82, 2.24) is 0 Å². The Bertz CT molecular complexity index is 769. The lowest BCUT2D eigenvalue weighted by molar-refractivity contribution is -0.116. The molecule has 24 heavy (non-hydrogen) atoms. The molecule has 5 heteroatoms. The van der Waals surface area contributed by atoms with Gasteiger partial charge in [0.05, 0.1) is 24.3 Å². The van der Waals surface area contributed by atoms with Crippen LogP contribution in [-0.4, -0.2) is 18.4 Å². The van der Waals surface area contributed by atoms with Gasteiger partial charge in [0, 0.05) is 0 Å². The van der Waals surface area contributed by atoms with Gasteiger partial charge in [0.2, 0.25) is 5.91 Å². The van der Waals surface area contributed by atoms with Crippen molar-refractivity contribution in [3.8, 4) is 5.75 Å². The Morgan fingerprint density at radius 2 is 1.83 bits per heavy atom. The number of carbonyl (C=O) groups is 2. The van der Waals surface area contributed by atoms with E-state index in [9.17, 15) is 9.59 Å². The smallest absolute Gasteiger partial charge is 0.251 e. The molecule has 0 saturated heterocycles. The number of rotatable bonds is 6. The topological polar surface area (TPSA) is 81.4 Å². The number of nitrogens with two attached hydrogens (primary N) is 1. The van der Waals surface area contributed by atoms with Crippen LogP contribution in [0.1, 0.15) is 33.5 Å². The van der Waals surface area contributed by atoms with E-state index in [4.69, 9.17) is 10.5 Å². The number of hydrogen-bond donors (Lipinski definition) is 2. The zero-order valence-corrected chi connectivity index (χ0v) is 14.2. The number of ether oxygens (including phenoxy) is 1. The van der Waals surface area contributed by atoms with E-state index in [-0.39, 0.29) is 18.9 Å². The van der Waals surface area contributed by atoms with Crippen LogP contribution in [0.25, 0.3) is 0 Å². The van der Waals surface area contributed by atoms with Gasteiger partial charge in [0.15, 0.2) is 0 Å². The summed E-state index contributed by atoms with van der Waals surface area (Å²) in [7, 11) is 0. The van der Waals surface area contributed by atoms with Gasteiger partial charge in [-0.15, -0.1) is 0 Å². The third-order valence-corrected chi connectivity index (χ3v) is 3.72. The van der Waals surface area contributed by atoms with E-state index in [2.05, 4.69) is 5.32 Å². The Morgan fingerprint density at radius 1 is 1.08 bits per heavy atom. The van der Waals surface area contributed by atoms with Gasteiger partial charge in [-0.2, -0.15) is 0 Å². The summed E-state index contributed by atoms with van der Waals surface area (Å²) in [5.41, 5.74) is 9.00. The summed E-state index contributed by atoms with van der Waals surface area (Å²) in [6, 6.07) is 11.1. The number of amides is 2. The Hall–Kier alpha value is -2.82. The maximum atomic E-state index is 12.1. The summed E-state index contributed by atoms with van der Waals surface area (Å²) in [6.45, 7) is 5.98. The van der Waals surface area contributed by atoms with Gasteiger partial charge < -0.3 is 15.8 Å². The number of nitrogens with one attached hydrogen (secondary N) is 1. The highest BCUT2D eigenvalue weighted by Gasteiger charge is 2.13. The molecular weight excluding hydrogens is 304 g/mol. The van der Waals surface area contributed by atoms with Gasteiger partial charge in [-0.05, 0) is 49.6 Å². The number of aryl methyl sites for hydroxylation is 3. The summed E-state index contributed by atoms with van der Waals surface area (Å²) >= 11 is 0. The molecular formula is C19H22N2O3. The molecule has 0 aromatic heterocycles. The molecule has 0 aliphatic carbocycles. The molecule has 2 aromatic rings. The third-order valence-electron chi connectivity index (χ3n) is 3.72. The van der Waals surface area contributed by atoms with Crippen LogP contribution in [0.4, 0.5) is 5.69 Å². The van der Waals surface area contributed by atoms with Gasteiger partial charge >= 0.3 is 0 Å². The van der Waals surface area contributed by atoms with Gasteiger partial charge in [-0.3, -0.25) is 9.59 Å². The molecule has 0 fully saturated rings. The van der Waals surface area contributed by atoms with Crippen molar-refractivity contribution in [2.24, 2.45) is 5.73 Å². The molecule has 0 saturated carbocycles. The molecule has 0 aliphatic rings. The molecule has 2 amide bonds. The molecule has 0 atom stereocenters. The normalized spacial score (nSPS) is 10.3. The summed E-state index contributed by atoms with van der Waals surface area (Å²) < 4.78 is 5.67. The fourth-order valence-corrected chi connectivity index (χ4v) is 2.43. The Morgan fingerprint density at radius 3 is 2.54 bits per heavy atom. The van der Waals surface area contributed by atoms with Crippen LogP contribution in [0, 0.1) is 20.8 Å². The molecule has 0 aliphatic heterocycles. The fraction of sp³-hybridized carbons (Fsp3) is 0.263.